The summed E-state index contributed by atoms with van der Waals surface area (Å²) >= 11 is 12.3. The molecule has 4 rings (SSSR count). The number of hydrogen-bond acceptors (Lipinski definition) is 7. The maximum absolute atomic E-state index is 13.4. The van der Waals surface area contributed by atoms with E-state index in [9.17, 15) is 22.9 Å². The zero-order chi connectivity index (χ0) is 27.6. The third kappa shape index (κ3) is 6.72. The predicted molar refractivity (Wildman–Crippen MR) is 144 cm³/mol. The number of aryl methyl sites for hydroxylation is 1. The summed E-state index contributed by atoms with van der Waals surface area (Å²) in [6.07, 6.45) is 0.234. The fraction of sp³-hybridized carbons (Fsp3) is 0.115. The van der Waals surface area contributed by atoms with Crippen LogP contribution in [0.15, 0.2) is 75.8 Å². The summed E-state index contributed by atoms with van der Waals surface area (Å²) in [6, 6.07) is 15.4. The molecule has 0 saturated heterocycles. The minimum atomic E-state index is -4.69. The molecule has 0 saturated carbocycles. The minimum absolute atomic E-state index is 0. The quantitative estimate of drug-likeness (QED) is 0.189. The van der Waals surface area contributed by atoms with Gasteiger partial charge in [0, 0.05) is 22.0 Å². The van der Waals surface area contributed by atoms with E-state index in [-0.39, 0.29) is 74.2 Å². The van der Waals surface area contributed by atoms with Gasteiger partial charge in [0.1, 0.15) is 16.3 Å². The van der Waals surface area contributed by atoms with E-state index in [1.165, 1.54) is 37.4 Å². The Morgan fingerprint density at radius 2 is 1.79 bits per heavy atom. The number of amides is 1. The number of halogens is 2. The molecule has 1 amide bonds. The molecule has 0 spiro atoms. The summed E-state index contributed by atoms with van der Waals surface area (Å²) in [5.41, 5.74) is -0.198. The zero-order valence-electron chi connectivity index (χ0n) is 21.0. The van der Waals surface area contributed by atoms with Gasteiger partial charge in [-0.1, -0.05) is 60.1 Å². The molecule has 13 heteroatoms. The van der Waals surface area contributed by atoms with Crippen LogP contribution in [0.2, 0.25) is 10.0 Å². The van der Waals surface area contributed by atoms with Crippen LogP contribution in [0.5, 0.6) is 11.5 Å². The van der Waals surface area contributed by atoms with Gasteiger partial charge in [-0.3, -0.25) is 9.35 Å². The second-order valence-corrected chi connectivity index (χ2v) is 10.3. The van der Waals surface area contributed by atoms with Gasteiger partial charge in [-0.25, -0.2) is 0 Å². The number of hydrogen-bond donors (Lipinski definition) is 2. The summed E-state index contributed by atoms with van der Waals surface area (Å²) in [5, 5.41) is 25.3. The number of nitrogens with zero attached hydrogens (tertiary/aromatic N) is 2. The summed E-state index contributed by atoms with van der Waals surface area (Å²) < 4.78 is 39.1. The molecule has 0 unspecified atom stereocenters. The third-order valence-electron chi connectivity index (χ3n) is 5.65. The van der Waals surface area contributed by atoms with E-state index < -0.39 is 26.7 Å². The standard InChI is InChI=1S/C26H21Cl2N3O6S.Na/c1-3-14-10-16(27)12-22(25(14)38(34,35)36)30-31-23-18-7-5-4-6-15(18)11-19(24(23)32)26(33)29-21-9-8-17(37-2)13-20(21)28;/h4-13,32H,3H2,1-2H3,(H,29,33)(H,34,35,36);/q;+1/p-1. The van der Waals surface area contributed by atoms with Gasteiger partial charge in [-0.15, -0.1) is 5.11 Å². The number of ether oxygens (including phenoxy) is 1. The Morgan fingerprint density at radius 1 is 1.08 bits per heavy atom. The molecular formula is C26H20Cl2N3NaO6S. The minimum Gasteiger partial charge on any atom is -0.870 e. The average Bonchev–Trinajstić information content (AvgIpc) is 2.87. The van der Waals surface area contributed by atoms with E-state index in [2.05, 4.69) is 15.5 Å². The number of methoxy groups -OCH3 is 1. The van der Waals surface area contributed by atoms with Crippen LogP contribution < -0.4 is 44.7 Å². The van der Waals surface area contributed by atoms with Crippen molar-refractivity contribution >= 4 is 67.1 Å². The molecule has 0 aliphatic heterocycles. The first-order valence-electron chi connectivity index (χ1n) is 11.1. The van der Waals surface area contributed by atoms with E-state index >= 15 is 0 Å². The van der Waals surface area contributed by atoms with Crippen molar-refractivity contribution in [3.8, 4) is 11.5 Å². The Morgan fingerprint density at radius 3 is 2.44 bits per heavy atom. The molecule has 0 radical (unpaired) electrons. The second kappa shape index (κ2) is 12.6. The molecule has 0 aromatic heterocycles. The van der Waals surface area contributed by atoms with Gasteiger partial charge in [-0.2, -0.15) is 13.5 Å². The molecular weight excluding hydrogens is 576 g/mol. The van der Waals surface area contributed by atoms with Gasteiger partial charge >= 0.3 is 29.6 Å². The number of azo groups is 1. The van der Waals surface area contributed by atoms with Crippen molar-refractivity contribution in [1.82, 2.24) is 0 Å². The van der Waals surface area contributed by atoms with E-state index in [1.807, 2.05) is 0 Å². The summed E-state index contributed by atoms with van der Waals surface area (Å²) in [5.74, 6) is -0.998. The molecule has 0 bridgehead atoms. The van der Waals surface area contributed by atoms with Crippen LogP contribution in [0, 0.1) is 0 Å². The van der Waals surface area contributed by atoms with Crippen LogP contribution in [0.25, 0.3) is 10.8 Å². The summed E-state index contributed by atoms with van der Waals surface area (Å²) in [6.45, 7) is 1.68. The van der Waals surface area contributed by atoms with Crippen molar-refractivity contribution in [1.29, 1.82) is 0 Å². The number of carbonyl (C=O) groups is 1. The second-order valence-electron chi connectivity index (χ2n) is 8.06. The first-order chi connectivity index (χ1) is 18.0. The van der Waals surface area contributed by atoms with Gasteiger partial charge < -0.3 is 15.2 Å². The first-order valence-corrected chi connectivity index (χ1v) is 13.3. The van der Waals surface area contributed by atoms with Crippen molar-refractivity contribution in [3.63, 3.8) is 0 Å². The largest absolute Gasteiger partial charge is 1.00 e. The van der Waals surface area contributed by atoms with Crippen molar-refractivity contribution in [2.45, 2.75) is 18.2 Å². The van der Waals surface area contributed by atoms with Crippen LogP contribution in [0.3, 0.4) is 0 Å². The fourth-order valence-electron chi connectivity index (χ4n) is 3.86. The Labute approximate surface area is 256 Å². The molecule has 4 aromatic carbocycles. The molecule has 4 aromatic rings. The summed E-state index contributed by atoms with van der Waals surface area (Å²) in [4.78, 5) is 12.7. The van der Waals surface area contributed by atoms with E-state index in [4.69, 9.17) is 27.9 Å². The van der Waals surface area contributed by atoms with Gasteiger partial charge in [0.25, 0.3) is 16.0 Å². The molecule has 39 heavy (non-hydrogen) atoms. The van der Waals surface area contributed by atoms with Crippen molar-refractivity contribution < 1.29 is 57.2 Å². The van der Waals surface area contributed by atoms with Crippen LogP contribution in [-0.4, -0.2) is 26.0 Å². The van der Waals surface area contributed by atoms with Crippen molar-refractivity contribution in [3.05, 3.63) is 81.8 Å². The number of benzene rings is 4. The number of anilines is 1. The van der Waals surface area contributed by atoms with Gasteiger partial charge in [0.2, 0.25) is 0 Å². The number of rotatable bonds is 7. The molecule has 0 fully saturated rings. The molecule has 0 aliphatic carbocycles. The summed E-state index contributed by atoms with van der Waals surface area (Å²) in [7, 11) is -3.22. The smallest absolute Gasteiger partial charge is 0.870 e. The van der Waals surface area contributed by atoms with Crippen LogP contribution >= 0.6 is 23.2 Å². The number of carbonyl (C=O) groups excluding carboxylic acids is 1. The molecule has 0 atom stereocenters. The normalized spacial score (nSPS) is 11.4. The monoisotopic (exact) mass is 595 g/mol. The molecule has 196 valence electrons. The van der Waals surface area contributed by atoms with Gasteiger partial charge in [0.15, 0.2) is 0 Å². The van der Waals surface area contributed by atoms with E-state index in [1.54, 1.807) is 37.3 Å². The zero-order valence-corrected chi connectivity index (χ0v) is 25.4. The molecule has 2 N–H and O–H groups in total. The Bertz CT molecular complexity index is 1710. The van der Waals surface area contributed by atoms with E-state index in [0.717, 1.165) is 0 Å². The van der Waals surface area contributed by atoms with Gasteiger partial charge in [-0.05, 0) is 47.7 Å². The third-order valence-corrected chi connectivity index (χ3v) is 7.17. The molecule has 9 nitrogen and oxygen atoms in total. The van der Waals surface area contributed by atoms with E-state index in [0.29, 0.717) is 16.5 Å². The SMILES string of the molecule is CCc1cc(Cl)cc(N=Nc2c([O-])c(C(=O)Nc3ccc(OC)cc3Cl)cc3ccccc23)c1S(=O)(=O)O.[Na+]. The number of fused-ring (bicyclic) bond motifs is 1. The van der Waals surface area contributed by atoms with Crippen molar-refractivity contribution in [2.24, 2.45) is 10.2 Å². The topological polar surface area (TPSA) is 140 Å². The molecule has 0 aliphatic rings. The average molecular weight is 596 g/mol. The van der Waals surface area contributed by atoms with Gasteiger partial charge in [0.05, 0.1) is 23.5 Å². The number of nitrogens with one attached hydrogen (secondary N) is 1. The Hall–Kier alpha value is -2.70. The van der Waals surface area contributed by atoms with Crippen LogP contribution in [-0.2, 0) is 16.5 Å². The molecule has 0 heterocycles. The van der Waals surface area contributed by atoms with Crippen molar-refractivity contribution in [2.75, 3.05) is 12.4 Å². The predicted octanol–water partition coefficient (Wildman–Crippen LogP) is 3.71. The first kappa shape index (κ1) is 30.8. The van der Waals surface area contributed by atoms with Crippen LogP contribution in [0.1, 0.15) is 22.8 Å². The van der Waals surface area contributed by atoms with Crippen LogP contribution in [0.4, 0.5) is 17.1 Å². The maximum atomic E-state index is 13.4. The fourth-order valence-corrected chi connectivity index (χ4v) is 5.22. The maximum Gasteiger partial charge on any atom is 1.00 e. The Balaban J connectivity index is 0.00000420. The Kier molecular flexibility index (Phi) is 10.0.